The summed E-state index contributed by atoms with van der Waals surface area (Å²) in [6.45, 7) is 9.36. The second kappa shape index (κ2) is 6.06. The summed E-state index contributed by atoms with van der Waals surface area (Å²) < 4.78 is 5.66. The van der Waals surface area contributed by atoms with Crippen molar-refractivity contribution in [1.82, 2.24) is 0 Å². The highest BCUT2D eigenvalue weighted by Gasteiger charge is 2.13. The van der Waals surface area contributed by atoms with Crippen LogP contribution in [0.5, 0.6) is 5.75 Å². The molecule has 2 heteroatoms. The van der Waals surface area contributed by atoms with E-state index in [1.165, 1.54) is 5.56 Å². The lowest BCUT2D eigenvalue weighted by Crippen LogP contribution is -2.27. The van der Waals surface area contributed by atoms with Gasteiger partial charge >= 0.3 is 0 Å². The Kier molecular flexibility index (Phi) is 5.01. The zero-order valence-electron chi connectivity index (χ0n) is 11.5. The van der Waals surface area contributed by atoms with Crippen LogP contribution in [0, 0.1) is 0 Å². The fraction of sp³-hybridized carbons (Fsp3) is 0.600. The molecule has 1 rings (SSSR count). The van der Waals surface area contributed by atoms with Crippen molar-refractivity contribution in [2.45, 2.75) is 52.0 Å². The van der Waals surface area contributed by atoms with E-state index in [1.807, 2.05) is 12.1 Å². The van der Waals surface area contributed by atoms with Gasteiger partial charge in [0.25, 0.3) is 0 Å². The van der Waals surface area contributed by atoms with E-state index < -0.39 is 0 Å². The molecule has 0 aliphatic rings. The average Bonchev–Trinajstić information content (AvgIpc) is 2.26. The van der Waals surface area contributed by atoms with Crippen LogP contribution < -0.4 is 10.5 Å². The van der Waals surface area contributed by atoms with Crippen molar-refractivity contribution < 1.29 is 4.74 Å². The van der Waals surface area contributed by atoms with Gasteiger partial charge in [-0.1, -0.05) is 46.2 Å². The summed E-state index contributed by atoms with van der Waals surface area (Å²) in [6.07, 6.45) is 2.12. The Morgan fingerprint density at radius 3 is 2.24 bits per heavy atom. The first-order chi connectivity index (χ1) is 7.93. The van der Waals surface area contributed by atoms with Crippen molar-refractivity contribution in [3.63, 3.8) is 0 Å². The molecule has 2 N–H and O–H groups in total. The van der Waals surface area contributed by atoms with Crippen LogP contribution in [0.15, 0.2) is 24.3 Å². The lowest BCUT2D eigenvalue weighted by molar-refractivity contribution is 0.281. The lowest BCUT2D eigenvalue weighted by Gasteiger charge is -2.19. The number of rotatable bonds is 5. The Morgan fingerprint density at radius 2 is 1.76 bits per heavy atom. The zero-order valence-corrected chi connectivity index (χ0v) is 11.5. The van der Waals surface area contributed by atoms with Gasteiger partial charge in [-0.3, -0.25) is 0 Å². The summed E-state index contributed by atoms with van der Waals surface area (Å²) in [5.74, 6) is 0.907. The Balaban J connectivity index is 2.51. The molecule has 0 aliphatic heterocycles. The molecular weight excluding hydrogens is 210 g/mol. The molecule has 0 spiro atoms. The minimum Gasteiger partial charge on any atom is -0.492 e. The fourth-order valence-electron chi connectivity index (χ4n) is 1.71. The van der Waals surface area contributed by atoms with Crippen LogP contribution in [-0.4, -0.2) is 12.6 Å². The van der Waals surface area contributed by atoms with Crippen molar-refractivity contribution in [1.29, 1.82) is 0 Å². The Labute approximate surface area is 105 Å². The maximum atomic E-state index is 5.91. The molecule has 0 radical (unpaired) electrons. The molecule has 0 heterocycles. The molecule has 0 bridgehead atoms. The predicted molar refractivity (Wildman–Crippen MR) is 73.5 cm³/mol. The number of benzene rings is 1. The minimum absolute atomic E-state index is 0.141. The summed E-state index contributed by atoms with van der Waals surface area (Å²) in [5.41, 5.74) is 7.42. The standard InChI is InChI=1S/C15H25NO/c1-5-6-13(16)11-17-14-9-7-12(8-10-14)15(2,3)4/h7-10,13H,5-6,11,16H2,1-4H3. The summed E-state index contributed by atoms with van der Waals surface area (Å²) in [5, 5.41) is 0. The molecule has 0 fully saturated rings. The lowest BCUT2D eigenvalue weighted by atomic mass is 9.87. The second-order valence-corrected chi connectivity index (χ2v) is 5.63. The first-order valence-electron chi connectivity index (χ1n) is 6.42. The summed E-state index contributed by atoms with van der Waals surface area (Å²) >= 11 is 0. The quantitative estimate of drug-likeness (QED) is 0.848. The average molecular weight is 235 g/mol. The molecule has 1 aromatic carbocycles. The van der Waals surface area contributed by atoms with Crippen molar-refractivity contribution in [3.8, 4) is 5.75 Å². The maximum Gasteiger partial charge on any atom is 0.119 e. The van der Waals surface area contributed by atoms with Gasteiger partial charge in [0, 0.05) is 6.04 Å². The van der Waals surface area contributed by atoms with E-state index >= 15 is 0 Å². The topological polar surface area (TPSA) is 35.2 Å². The molecule has 1 aromatic rings. The first kappa shape index (κ1) is 14.0. The molecule has 0 aliphatic carbocycles. The van der Waals surface area contributed by atoms with Crippen molar-refractivity contribution >= 4 is 0 Å². The van der Waals surface area contributed by atoms with Gasteiger partial charge < -0.3 is 10.5 Å². The highest BCUT2D eigenvalue weighted by molar-refractivity contribution is 5.31. The van der Waals surface area contributed by atoms with Crippen LogP contribution in [0.3, 0.4) is 0 Å². The molecular formula is C15H25NO. The number of nitrogens with two attached hydrogens (primary N) is 1. The summed E-state index contributed by atoms with van der Waals surface area (Å²) in [6, 6.07) is 8.45. The van der Waals surface area contributed by atoms with E-state index in [0.717, 1.165) is 18.6 Å². The monoisotopic (exact) mass is 235 g/mol. The van der Waals surface area contributed by atoms with Crippen LogP contribution in [0.2, 0.25) is 0 Å². The third-order valence-corrected chi connectivity index (χ3v) is 2.84. The Bertz CT molecular complexity index is 324. The van der Waals surface area contributed by atoms with Gasteiger partial charge in [-0.15, -0.1) is 0 Å². The van der Waals surface area contributed by atoms with Gasteiger partial charge in [0.2, 0.25) is 0 Å². The van der Waals surface area contributed by atoms with Crippen LogP contribution in [0.1, 0.15) is 46.1 Å². The summed E-state index contributed by atoms with van der Waals surface area (Å²) in [7, 11) is 0. The first-order valence-corrected chi connectivity index (χ1v) is 6.42. The molecule has 1 atom stereocenters. The van der Waals surface area contributed by atoms with Gasteiger partial charge in [0.15, 0.2) is 0 Å². The van der Waals surface area contributed by atoms with Gasteiger partial charge in [-0.05, 0) is 29.5 Å². The smallest absolute Gasteiger partial charge is 0.119 e. The highest BCUT2D eigenvalue weighted by atomic mass is 16.5. The Hall–Kier alpha value is -1.02. The van der Waals surface area contributed by atoms with Crippen LogP contribution in [-0.2, 0) is 5.41 Å². The molecule has 0 amide bonds. The maximum absolute atomic E-state index is 5.91. The second-order valence-electron chi connectivity index (χ2n) is 5.63. The Morgan fingerprint density at radius 1 is 1.18 bits per heavy atom. The van der Waals surface area contributed by atoms with Gasteiger partial charge in [-0.2, -0.15) is 0 Å². The third kappa shape index (κ3) is 4.78. The van der Waals surface area contributed by atoms with Crippen molar-refractivity contribution in [3.05, 3.63) is 29.8 Å². The predicted octanol–water partition coefficient (Wildman–Crippen LogP) is 3.49. The third-order valence-electron chi connectivity index (χ3n) is 2.84. The molecule has 2 nitrogen and oxygen atoms in total. The van der Waals surface area contributed by atoms with E-state index in [0.29, 0.717) is 6.61 Å². The van der Waals surface area contributed by atoms with Gasteiger partial charge in [0.1, 0.15) is 12.4 Å². The largest absolute Gasteiger partial charge is 0.492 e. The molecule has 1 unspecified atom stereocenters. The summed E-state index contributed by atoms with van der Waals surface area (Å²) in [4.78, 5) is 0. The minimum atomic E-state index is 0.141. The van der Waals surface area contributed by atoms with E-state index in [-0.39, 0.29) is 11.5 Å². The van der Waals surface area contributed by atoms with E-state index in [4.69, 9.17) is 10.5 Å². The van der Waals surface area contributed by atoms with E-state index in [2.05, 4.69) is 39.8 Å². The fourth-order valence-corrected chi connectivity index (χ4v) is 1.71. The molecule has 17 heavy (non-hydrogen) atoms. The SMILES string of the molecule is CCCC(N)COc1ccc(C(C)(C)C)cc1. The highest BCUT2D eigenvalue weighted by Crippen LogP contribution is 2.24. The molecule has 0 saturated heterocycles. The van der Waals surface area contributed by atoms with Crippen LogP contribution >= 0.6 is 0 Å². The molecule has 96 valence electrons. The zero-order chi connectivity index (χ0) is 12.9. The van der Waals surface area contributed by atoms with Crippen molar-refractivity contribution in [2.75, 3.05) is 6.61 Å². The number of hydrogen-bond acceptors (Lipinski definition) is 2. The number of hydrogen-bond donors (Lipinski definition) is 1. The normalized spacial score (nSPS) is 13.5. The van der Waals surface area contributed by atoms with Crippen LogP contribution in [0.25, 0.3) is 0 Å². The van der Waals surface area contributed by atoms with Crippen LogP contribution in [0.4, 0.5) is 0 Å². The van der Waals surface area contributed by atoms with E-state index in [9.17, 15) is 0 Å². The van der Waals surface area contributed by atoms with Gasteiger partial charge in [0.05, 0.1) is 0 Å². The number of ether oxygens (including phenoxy) is 1. The molecule has 0 saturated carbocycles. The van der Waals surface area contributed by atoms with E-state index in [1.54, 1.807) is 0 Å². The van der Waals surface area contributed by atoms with Gasteiger partial charge in [-0.25, -0.2) is 0 Å². The molecule has 0 aromatic heterocycles. The van der Waals surface area contributed by atoms with Crippen molar-refractivity contribution in [2.24, 2.45) is 5.73 Å².